The fraction of sp³-hybridized carbons (Fsp3) is 0.250. The molecule has 1 unspecified atom stereocenters. The van der Waals surface area contributed by atoms with Crippen LogP contribution in [0.5, 0.6) is 5.75 Å². The highest BCUT2D eigenvalue weighted by Gasteiger charge is 2.38. The van der Waals surface area contributed by atoms with Gasteiger partial charge in [0.1, 0.15) is 17.2 Å². The van der Waals surface area contributed by atoms with Crippen molar-refractivity contribution in [3.05, 3.63) is 62.8 Å². The Labute approximate surface area is 136 Å². The van der Waals surface area contributed by atoms with Crippen LogP contribution in [0.2, 0.25) is 5.02 Å². The van der Waals surface area contributed by atoms with Gasteiger partial charge in [0.25, 0.3) is 0 Å². The summed E-state index contributed by atoms with van der Waals surface area (Å²) in [7, 11) is 0. The van der Waals surface area contributed by atoms with Crippen molar-refractivity contribution in [1.29, 1.82) is 0 Å². The predicted molar refractivity (Wildman–Crippen MR) is 85.1 cm³/mol. The van der Waals surface area contributed by atoms with Crippen molar-refractivity contribution in [1.82, 2.24) is 0 Å². The van der Waals surface area contributed by atoms with Crippen LogP contribution in [0.25, 0.3) is 0 Å². The molecule has 21 heavy (non-hydrogen) atoms. The molecule has 0 radical (unpaired) electrons. The van der Waals surface area contributed by atoms with Gasteiger partial charge in [-0.1, -0.05) is 39.7 Å². The number of halogens is 3. The van der Waals surface area contributed by atoms with E-state index in [4.69, 9.17) is 22.1 Å². The van der Waals surface area contributed by atoms with Crippen molar-refractivity contribution < 1.29 is 9.13 Å². The lowest BCUT2D eigenvalue weighted by atomic mass is 9.84. The molecule has 110 valence electrons. The lowest BCUT2D eigenvalue weighted by molar-refractivity contribution is 0.0508. The molecule has 3 rings (SSSR count). The minimum atomic E-state index is -0.683. The van der Waals surface area contributed by atoms with Crippen LogP contribution in [0.4, 0.5) is 4.39 Å². The van der Waals surface area contributed by atoms with Crippen molar-refractivity contribution >= 4 is 27.5 Å². The van der Waals surface area contributed by atoms with E-state index in [1.54, 1.807) is 6.07 Å². The van der Waals surface area contributed by atoms with E-state index in [1.165, 1.54) is 12.1 Å². The molecule has 2 N–H and O–H groups in total. The molecular weight excluding hydrogens is 357 g/mol. The average Bonchev–Trinajstić information content (AvgIpc) is 2.37. The molecule has 1 aliphatic heterocycles. The highest BCUT2D eigenvalue weighted by atomic mass is 79.9. The summed E-state index contributed by atoms with van der Waals surface area (Å²) in [4.78, 5) is 0. The second-order valence-electron chi connectivity index (χ2n) is 5.45. The number of rotatable bonds is 1. The Morgan fingerprint density at radius 1 is 1.33 bits per heavy atom. The van der Waals surface area contributed by atoms with E-state index in [9.17, 15) is 4.39 Å². The zero-order valence-electron chi connectivity index (χ0n) is 11.4. The van der Waals surface area contributed by atoms with Crippen molar-refractivity contribution in [2.45, 2.75) is 25.0 Å². The standard InChI is InChI=1S/C16H14BrClFNO/c1-16(12-5-2-9(17)6-13(12)18)8-14(20)11-4-3-10(19)7-15(11)21-16/h2-7,14H,8,20H2,1H3/t14-,16?/m0/s1. The number of hydrogen-bond donors (Lipinski definition) is 1. The summed E-state index contributed by atoms with van der Waals surface area (Å²) in [6.45, 7) is 1.93. The van der Waals surface area contributed by atoms with Crippen molar-refractivity contribution in [3.63, 3.8) is 0 Å². The third kappa shape index (κ3) is 2.68. The second-order valence-corrected chi connectivity index (χ2v) is 6.77. The minimum Gasteiger partial charge on any atom is -0.482 e. The summed E-state index contributed by atoms with van der Waals surface area (Å²) < 4.78 is 20.4. The monoisotopic (exact) mass is 369 g/mol. The Bertz CT molecular complexity index is 709. The number of ether oxygens (including phenoxy) is 1. The van der Waals surface area contributed by atoms with Crippen LogP contribution < -0.4 is 10.5 Å². The van der Waals surface area contributed by atoms with E-state index in [1.807, 2.05) is 25.1 Å². The molecule has 0 spiro atoms. The number of fused-ring (bicyclic) bond motifs is 1. The molecule has 0 aliphatic carbocycles. The Balaban J connectivity index is 2.07. The predicted octanol–water partition coefficient (Wildman–Crippen LogP) is 4.94. The normalized spacial score (nSPS) is 24.3. The van der Waals surface area contributed by atoms with Gasteiger partial charge in [-0.05, 0) is 25.1 Å². The molecule has 2 aromatic rings. The molecule has 0 saturated heterocycles. The first-order valence-corrected chi connectivity index (χ1v) is 7.76. The van der Waals surface area contributed by atoms with Crippen molar-refractivity contribution in [2.24, 2.45) is 5.73 Å². The van der Waals surface area contributed by atoms with Crippen LogP contribution in [0.1, 0.15) is 30.5 Å². The second kappa shape index (κ2) is 5.27. The quantitative estimate of drug-likeness (QED) is 0.771. The zero-order valence-corrected chi connectivity index (χ0v) is 13.7. The highest BCUT2D eigenvalue weighted by molar-refractivity contribution is 9.10. The van der Waals surface area contributed by atoms with E-state index in [2.05, 4.69) is 15.9 Å². The topological polar surface area (TPSA) is 35.2 Å². The number of benzene rings is 2. The molecule has 1 aliphatic rings. The first-order valence-electron chi connectivity index (χ1n) is 6.59. The summed E-state index contributed by atoms with van der Waals surface area (Å²) in [6.07, 6.45) is 0.576. The van der Waals surface area contributed by atoms with Gasteiger partial charge >= 0.3 is 0 Å². The maximum absolute atomic E-state index is 13.5. The lowest BCUT2D eigenvalue weighted by Crippen LogP contribution is -2.38. The molecular formula is C16H14BrClFNO. The van der Waals surface area contributed by atoms with Gasteiger partial charge in [0.15, 0.2) is 0 Å². The Morgan fingerprint density at radius 2 is 2.10 bits per heavy atom. The SMILES string of the molecule is CC1(c2ccc(Br)cc2Cl)C[C@H](N)c2ccc(F)cc2O1. The third-order valence-corrected chi connectivity index (χ3v) is 4.63. The van der Waals surface area contributed by atoms with Crippen LogP contribution in [0, 0.1) is 5.82 Å². The summed E-state index contributed by atoms with van der Waals surface area (Å²) >= 11 is 9.72. The van der Waals surface area contributed by atoms with Crippen LogP contribution in [0.3, 0.4) is 0 Å². The first kappa shape index (κ1) is 14.8. The molecule has 5 heteroatoms. The smallest absolute Gasteiger partial charge is 0.134 e. The Kier molecular flexibility index (Phi) is 3.72. The molecule has 2 atom stereocenters. The molecule has 2 aromatic carbocycles. The molecule has 1 heterocycles. The van der Waals surface area contributed by atoms with E-state index >= 15 is 0 Å². The third-order valence-electron chi connectivity index (χ3n) is 3.82. The zero-order chi connectivity index (χ0) is 15.2. The van der Waals surface area contributed by atoms with Crippen LogP contribution in [-0.4, -0.2) is 0 Å². The largest absolute Gasteiger partial charge is 0.482 e. The number of nitrogens with two attached hydrogens (primary N) is 1. The fourth-order valence-corrected chi connectivity index (χ4v) is 3.67. The van der Waals surface area contributed by atoms with Crippen LogP contribution >= 0.6 is 27.5 Å². The summed E-state index contributed by atoms with van der Waals surface area (Å²) in [6, 6.07) is 9.86. The van der Waals surface area contributed by atoms with Gasteiger partial charge in [-0.25, -0.2) is 4.39 Å². The van der Waals surface area contributed by atoms with Crippen molar-refractivity contribution in [3.8, 4) is 5.75 Å². The minimum absolute atomic E-state index is 0.223. The summed E-state index contributed by atoms with van der Waals surface area (Å²) in [5, 5.41) is 0.596. The van der Waals surface area contributed by atoms with E-state index in [-0.39, 0.29) is 11.9 Å². The molecule has 2 nitrogen and oxygen atoms in total. The molecule has 0 saturated carbocycles. The Morgan fingerprint density at radius 3 is 2.81 bits per heavy atom. The van der Waals surface area contributed by atoms with E-state index in [0.29, 0.717) is 17.2 Å². The van der Waals surface area contributed by atoms with Crippen LogP contribution in [0.15, 0.2) is 40.9 Å². The van der Waals surface area contributed by atoms with Gasteiger partial charge in [-0.15, -0.1) is 0 Å². The summed E-state index contributed by atoms with van der Waals surface area (Å²) in [5.74, 6) is 0.141. The fourth-order valence-electron chi connectivity index (χ4n) is 2.80. The van der Waals surface area contributed by atoms with Gasteiger partial charge in [-0.3, -0.25) is 0 Å². The van der Waals surface area contributed by atoms with Gasteiger partial charge < -0.3 is 10.5 Å². The maximum atomic E-state index is 13.5. The number of hydrogen-bond acceptors (Lipinski definition) is 2. The Hall–Kier alpha value is -1.10. The maximum Gasteiger partial charge on any atom is 0.134 e. The van der Waals surface area contributed by atoms with E-state index < -0.39 is 5.60 Å². The molecule has 0 amide bonds. The summed E-state index contributed by atoms with van der Waals surface area (Å²) in [5.41, 5.74) is 7.22. The average molecular weight is 371 g/mol. The first-order chi connectivity index (χ1) is 9.89. The van der Waals surface area contributed by atoms with E-state index in [0.717, 1.165) is 15.6 Å². The molecule has 0 aromatic heterocycles. The molecule has 0 fully saturated rings. The van der Waals surface area contributed by atoms with Gasteiger partial charge in [0.05, 0.1) is 0 Å². The van der Waals surface area contributed by atoms with Gasteiger partial charge in [0.2, 0.25) is 0 Å². The molecule has 0 bridgehead atoms. The van der Waals surface area contributed by atoms with Crippen LogP contribution in [-0.2, 0) is 5.60 Å². The lowest BCUT2D eigenvalue weighted by Gasteiger charge is -2.39. The van der Waals surface area contributed by atoms with Crippen molar-refractivity contribution in [2.75, 3.05) is 0 Å². The highest BCUT2D eigenvalue weighted by Crippen LogP contribution is 2.45. The van der Waals surface area contributed by atoms with Gasteiger partial charge in [0, 0.05) is 39.2 Å². The van der Waals surface area contributed by atoms with Gasteiger partial charge in [-0.2, -0.15) is 0 Å².